The molecular formula is C13H21NOS. The van der Waals surface area contributed by atoms with Crippen LogP contribution in [0.5, 0.6) is 0 Å². The van der Waals surface area contributed by atoms with Gasteiger partial charge in [-0.3, -0.25) is 0 Å². The molecule has 1 aromatic rings. The average molecular weight is 239 g/mol. The Hall–Kier alpha value is -0.380. The molecule has 1 fully saturated rings. The average Bonchev–Trinajstić information content (AvgIpc) is 2.73. The summed E-state index contributed by atoms with van der Waals surface area (Å²) < 4.78 is 5.39. The Morgan fingerprint density at radius 2 is 2.19 bits per heavy atom. The fraction of sp³-hybridized carbons (Fsp3) is 0.692. The van der Waals surface area contributed by atoms with Gasteiger partial charge in [0.2, 0.25) is 0 Å². The van der Waals surface area contributed by atoms with E-state index in [2.05, 4.69) is 31.3 Å². The van der Waals surface area contributed by atoms with Crippen LogP contribution in [-0.4, -0.2) is 19.3 Å². The van der Waals surface area contributed by atoms with Crippen molar-refractivity contribution in [2.45, 2.75) is 39.3 Å². The molecule has 16 heavy (non-hydrogen) atoms. The van der Waals surface area contributed by atoms with Crippen molar-refractivity contribution < 1.29 is 4.74 Å². The largest absolute Gasteiger partial charge is 0.381 e. The molecule has 0 aliphatic carbocycles. The van der Waals surface area contributed by atoms with Crippen LogP contribution in [0, 0.1) is 12.8 Å². The molecule has 1 aliphatic rings. The normalized spacial score (nSPS) is 19.9. The SMILES string of the molecule is Cc1ccc(CNC(C)C2CCOCC2)s1. The molecule has 1 unspecified atom stereocenters. The lowest BCUT2D eigenvalue weighted by molar-refractivity contribution is 0.0558. The zero-order chi connectivity index (χ0) is 11.4. The van der Waals surface area contributed by atoms with Gasteiger partial charge in [-0.1, -0.05) is 0 Å². The molecule has 0 bridgehead atoms. The summed E-state index contributed by atoms with van der Waals surface area (Å²) >= 11 is 1.89. The van der Waals surface area contributed by atoms with E-state index < -0.39 is 0 Å². The smallest absolute Gasteiger partial charge is 0.0469 e. The van der Waals surface area contributed by atoms with Gasteiger partial charge >= 0.3 is 0 Å². The van der Waals surface area contributed by atoms with Crippen molar-refractivity contribution in [3.63, 3.8) is 0 Å². The van der Waals surface area contributed by atoms with Crippen molar-refractivity contribution in [3.8, 4) is 0 Å². The van der Waals surface area contributed by atoms with Crippen LogP contribution < -0.4 is 5.32 Å². The van der Waals surface area contributed by atoms with E-state index in [0.717, 1.165) is 25.7 Å². The van der Waals surface area contributed by atoms with Gasteiger partial charge in [-0.05, 0) is 44.7 Å². The minimum Gasteiger partial charge on any atom is -0.381 e. The molecule has 2 nitrogen and oxygen atoms in total. The zero-order valence-corrected chi connectivity index (χ0v) is 11.0. The Labute approximate surface area is 102 Å². The second kappa shape index (κ2) is 5.80. The number of aryl methyl sites for hydroxylation is 1. The van der Waals surface area contributed by atoms with Crippen LogP contribution in [0.3, 0.4) is 0 Å². The Morgan fingerprint density at radius 3 is 2.81 bits per heavy atom. The molecule has 1 N–H and O–H groups in total. The minimum atomic E-state index is 0.603. The Balaban J connectivity index is 1.76. The monoisotopic (exact) mass is 239 g/mol. The fourth-order valence-corrected chi connectivity index (χ4v) is 3.07. The van der Waals surface area contributed by atoms with Crippen molar-refractivity contribution in [1.82, 2.24) is 5.32 Å². The molecule has 1 atom stereocenters. The van der Waals surface area contributed by atoms with Gasteiger partial charge < -0.3 is 10.1 Å². The van der Waals surface area contributed by atoms with Crippen LogP contribution in [0.1, 0.15) is 29.5 Å². The molecule has 1 aromatic heterocycles. The highest BCUT2D eigenvalue weighted by Crippen LogP contribution is 2.20. The summed E-state index contributed by atoms with van der Waals surface area (Å²) in [5.74, 6) is 0.787. The summed E-state index contributed by atoms with van der Waals surface area (Å²) in [6.45, 7) is 7.35. The van der Waals surface area contributed by atoms with Gasteiger partial charge in [-0.25, -0.2) is 0 Å². The number of nitrogens with one attached hydrogen (secondary N) is 1. The van der Waals surface area contributed by atoms with Crippen LogP contribution in [0.15, 0.2) is 12.1 Å². The van der Waals surface area contributed by atoms with E-state index in [1.165, 1.54) is 22.6 Å². The highest BCUT2D eigenvalue weighted by molar-refractivity contribution is 7.11. The van der Waals surface area contributed by atoms with Gasteiger partial charge in [0.1, 0.15) is 0 Å². The molecule has 2 rings (SSSR count). The third-order valence-corrected chi connectivity index (χ3v) is 4.37. The highest BCUT2D eigenvalue weighted by Gasteiger charge is 2.19. The lowest BCUT2D eigenvalue weighted by Gasteiger charge is -2.28. The molecule has 0 radical (unpaired) electrons. The van der Waals surface area contributed by atoms with Crippen molar-refractivity contribution in [3.05, 3.63) is 21.9 Å². The Morgan fingerprint density at radius 1 is 1.44 bits per heavy atom. The van der Waals surface area contributed by atoms with E-state index in [0.29, 0.717) is 6.04 Å². The maximum atomic E-state index is 5.39. The molecule has 3 heteroatoms. The zero-order valence-electron chi connectivity index (χ0n) is 10.2. The lowest BCUT2D eigenvalue weighted by atomic mass is 9.93. The van der Waals surface area contributed by atoms with Gasteiger partial charge in [0.15, 0.2) is 0 Å². The van der Waals surface area contributed by atoms with Gasteiger partial charge in [-0.15, -0.1) is 11.3 Å². The standard InChI is InChI=1S/C13H21NOS/c1-10-3-4-13(16-10)9-14-11(2)12-5-7-15-8-6-12/h3-4,11-12,14H,5-9H2,1-2H3. The van der Waals surface area contributed by atoms with Gasteiger partial charge in [-0.2, -0.15) is 0 Å². The van der Waals surface area contributed by atoms with Gasteiger partial charge in [0.25, 0.3) is 0 Å². The molecule has 0 amide bonds. The molecule has 0 spiro atoms. The number of hydrogen-bond acceptors (Lipinski definition) is 3. The van der Waals surface area contributed by atoms with E-state index in [4.69, 9.17) is 4.74 Å². The first kappa shape index (κ1) is 12.1. The van der Waals surface area contributed by atoms with E-state index in [1.54, 1.807) is 0 Å². The summed E-state index contributed by atoms with van der Waals surface area (Å²) in [4.78, 5) is 2.84. The summed E-state index contributed by atoms with van der Waals surface area (Å²) in [7, 11) is 0. The minimum absolute atomic E-state index is 0.603. The number of hydrogen-bond donors (Lipinski definition) is 1. The van der Waals surface area contributed by atoms with Gasteiger partial charge in [0.05, 0.1) is 0 Å². The Bertz CT molecular complexity index is 317. The lowest BCUT2D eigenvalue weighted by Crippen LogP contribution is -2.36. The van der Waals surface area contributed by atoms with Gasteiger partial charge in [0, 0.05) is 35.6 Å². The van der Waals surface area contributed by atoms with E-state index in [-0.39, 0.29) is 0 Å². The van der Waals surface area contributed by atoms with E-state index in [1.807, 2.05) is 11.3 Å². The van der Waals surface area contributed by atoms with E-state index >= 15 is 0 Å². The molecular weight excluding hydrogens is 218 g/mol. The second-order valence-corrected chi connectivity index (χ2v) is 6.00. The van der Waals surface area contributed by atoms with Crippen LogP contribution in [-0.2, 0) is 11.3 Å². The molecule has 1 saturated heterocycles. The maximum absolute atomic E-state index is 5.39. The molecule has 0 aromatic carbocycles. The number of ether oxygens (including phenoxy) is 1. The number of thiophene rings is 1. The summed E-state index contributed by atoms with van der Waals surface area (Å²) in [5.41, 5.74) is 0. The van der Waals surface area contributed by atoms with Crippen molar-refractivity contribution >= 4 is 11.3 Å². The van der Waals surface area contributed by atoms with Crippen molar-refractivity contribution in [2.75, 3.05) is 13.2 Å². The van der Waals surface area contributed by atoms with Crippen LogP contribution in [0.2, 0.25) is 0 Å². The fourth-order valence-electron chi connectivity index (χ4n) is 2.22. The second-order valence-electron chi connectivity index (χ2n) is 4.63. The maximum Gasteiger partial charge on any atom is 0.0469 e. The predicted molar refractivity (Wildman–Crippen MR) is 68.9 cm³/mol. The Kier molecular flexibility index (Phi) is 4.38. The summed E-state index contributed by atoms with van der Waals surface area (Å²) in [5, 5.41) is 3.64. The first-order valence-corrected chi connectivity index (χ1v) is 6.94. The first-order chi connectivity index (χ1) is 7.75. The highest BCUT2D eigenvalue weighted by atomic mass is 32.1. The van der Waals surface area contributed by atoms with E-state index in [9.17, 15) is 0 Å². The third kappa shape index (κ3) is 3.30. The predicted octanol–water partition coefficient (Wildman–Crippen LogP) is 2.96. The molecule has 2 heterocycles. The molecule has 90 valence electrons. The quantitative estimate of drug-likeness (QED) is 0.872. The first-order valence-electron chi connectivity index (χ1n) is 6.12. The van der Waals surface area contributed by atoms with Crippen LogP contribution in [0.25, 0.3) is 0 Å². The molecule has 1 aliphatic heterocycles. The van der Waals surface area contributed by atoms with Crippen LogP contribution in [0.4, 0.5) is 0 Å². The van der Waals surface area contributed by atoms with Crippen LogP contribution >= 0.6 is 11.3 Å². The van der Waals surface area contributed by atoms with Crippen molar-refractivity contribution in [2.24, 2.45) is 5.92 Å². The molecule has 0 saturated carbocycles. The summed E-state index contributed by atoms with van der Waals surface area (Å²) in [6.07, 6.45) is 2.41. The third-order valence-electron chi connectivity index (χ3n) is 3.37. The number of rotatable bonds is 4. The summed E-state index contributed by atoms with van der Waals surface area (Å²) in [6, 6.07) is 5.02. The topological polar surface area (TPSA) is 21.3 Å². The van der Waals surface area contributed by atoms with Crippen molar-refractivity contribution in [1.29, 1.82) is 0 Å².